The van der Waals surface area contributed by atoms with Gasteiger partial charge in [-0.05, 0) is 19.8 Å². The molecule has 1 aliphatic rings. The van der Waals surface area contributed by atoms with E-state index >= 15 is 0 Å². The molecule has 0 aromatic carbocycles. The summed E-state index contributed by atoms with van der Waals surface area (Å²) in [6.07, 6.45) is 5.33. The minimum Gasteiger partial charge on any atom is -0.388 e. The first-order chi connectivity index (χ1) is 8.11. The summed E-state index contributed by atoms with van der Waals surface area (Å²) in [6, 6.07) is 0. The van der Waals surface area contributed by atoms with E-state index in [0.29, 0.717) is 18.1 Å². The number of thiocarbonyl (C=S) groups is 1. The molecule has 0 amide bonds. The summed E-state index contributed by atoms with van der Waals surface area (Å²) in [7, 11) is 0. The molecule has 0 saturated carbocycles. The third-order valence-corrected chi connectivity index (χ3v) is 3.06. The highest BCUT2D eigenvalue weighted by Crippen LogP contribution is 2.25. The van der Waals surface area contributed by atoms with Crippen LogP contribution in [0.5, 0.6) is 0 Å². The zero-order chi connectivity index (χ0) is 12.3. The number of rotatable bonds is 4. The van der Waals surface area contributed by atoms with Gasteiger partial charge in [0.05, 0.1) is 5.60 Å². The molecule has 1 aliphatic heterocycles. The molecule has 92 valence electrons. The third-order valence-electron chi connectivity index (χ3n) is 2.86. The van der Waals surface area contributed by atoms with Crippen LogP contribution in [0.3, 0.4) is 0 Å². The lowest BCUT2D eigenvalue weighted by molar-refractivity contribution is 0.0314. The van der Waals surface area contributed by atoms with E-state index in [1.54, 1.807) is 12.4 Å². The van der Waals surface area contributed by atoms with Crippen LogP contribution in [-0.2, 0) is 4.74 Å². The van der Waals surface area contributed by atoms with Gasteiger partial charge in [-0.2, -0.15) is 0 Å². The molecule has 0 bridgehead atoms. The Bertz CT molecular complexity index is 418. The number of aromatic nitrogens is 2. The fourth-order valence-electron chi connectivity index (χ4n) is 1.89. The van der Waals surface area contributed by atoms with E-state index in [4.69, 9.17) is 22.7 Å². The minimum atomic E-state index is -0.134. The van der Waals surface area contributed by atoms with Crippen LogP contribution in [0.25, 0.3) is 0 Å². The SMILES string of the molecule is CC1(CNc2nccnc2C(N)=S)CCCO1. The van der Waals surface area contributed by atoms with Crippen molar-refractivity contribution in [1.29, 1.82) is 0 Å². The normalized spacial score (nSPS) is 23.6. The van der Waals surface area contributed by atoms with Gasteiger partial charge in [-0.25, -0.2) is 9.97 Å². The Morgan fingerprint density at radius 2 is 2.35 bits per heavy atom. The molecule has 3 N–H and O–H groups in total. The van der Waals surface area contributed by atoms with Gasteiger partial charge in [-0.15, -0.1) is 0 Å². The van der Waals surface area contributed by atoms with Gasteiger partial charge in [0.2, 0.25) is 0 Å². The molecule has 5 nitrogen and oxygen atoms in total. The standard InChI is InChI=1S/C11H16N4OS/c1-11(3-2-6-16-11)7-15-10-8(9(12)17)13-4-5-14-10/h4-5H,2-3,6-7H2,1H3,(H2,12,17)(H,14,15). The number of nitrogens with one attached hydrogen (secondary N) is 1. The van der Waals surface area contributed by atoms with Crippen molar-refractivity contribution < 1.29 is 4.74 Å². The van der Waals surface area contributed by atoms with Crippen LogP contribution in [-0.4, -0.2) is 33.7 Å². The molecule has 2 heterocycles. The molecule has 1 fully saturated rings. The van der Waals surface area contributed by atoms with Crippen LogP contribution in [0.2, 0.25) is 0 Å². The van der Waals surface area contributed by atoms with E-state index in [0.717, 1.165) is 19.4 Å². The van der Waals surface area contributed by atoms with Crippen molar-refractivity contribution in [2.75, 3.05) is 18.5 Å². The molecule has 6 heteroatoms. The largest absolute Gasteiger partial charge is 0.388 e. The molecule has 1 atom stereocenters. The maximum atomic E-state index is 5.69. The van der Waals surface area contributed by atoms with Gasteiger partial charge in [-0.3, -0.25) is 0 Å². The lowest BCUT2D eigenvalue weighted by Crippen LogP contribution is -2.33. The lowest BCUT2D eigenvalue weighted by Gasteiger charge is -2.24. The maximum Gasteiger partial charge on any atom is 0.155 e. The second kappa shape index (κ2) is 4.93. The molecule has 2 rings (SSSR count). The van der Waals surface area contributed by atoms with Crippen molar-refractivity contribution >= 4 is 23.0 Å². The highest BCUT2D eigenvalue weighted by Gasteiger charge is 2.29. The van der Waals surface area contributed by atoms with Gasteiger partial charge in [0.15, 0.2) is 5.82 Å². The van der Waals surface area contributed by atoms with Crippen LogP contribution in [0, 0.1) is 0 Å². The van der Waals surface area contributed by atoms with Gasteiger partial charge in [0.1, 0.15) is 10.7 Å². The quantitative estimate of drug-likeness (QED) is 0.782. The smallest absolute Gasteiger partial charge is 0.155 e. The number of ether oxygens (including phenoxy) is 1. The van der Waals surface area contributed by atoms with E-state index in [1.165, 1.54) is 0 Å². The Balaban J connectivity index is 2.06. The van der Waals surface area contributed by atoms with E-state index < -0.39 is 0 Å². The molecule has 17 heavy (non-hydrogen) atoms. The summed E-state index contributed by atoms with van der Waals surface area (Å²) in [5.74, 6) is 0.622. The second-order valence-electron chi connectivity index (χ2n) is 4.37. The van der Waals surface area contributed by atoms with Crippen molar-refractivity contribution in [2.45, 2.75) is 25.4 Å². The topological polar surface area (TPSA) is 73.1 Å². The Morgan fingerprint density at radius 1 is 1.59 bits per heavy atom. The molecular weight excluding hydrogens is 236 g/mol. The molecule has 1 aromatic heterocycles. The lowest BCUT2D eigenvalue weighted by atomic mass is 10.0. The monoisotopic (exact) mass is 252 g/mol. The van der Waals surface area contributed by atoms with Crippen molar-refractivity contribution in [3.8, 4) is 0 Å². The van der Waals surface area contributed by atoms with E-state index in [2.05, 4.69) is 22.2 Å². The summed E-state index contributed by atoms with van der Waals surface area (Å²) in [4.78, 5) is 8.56. The minimum absolute atomic E-state index is 0.134. The molecule has 1 saturated heterocycles. The summed E-state index contributed by atoms with van der Waals surface area (Å²) >= 11 is 4.93. The molecule has 0 spiro atoms. The van der Waals surface area contributed by atoms with E-state index in [1.807, 2.05) is 0 Å². The van der Waals surface area contributed by atoms with Crippen LogP contribution < -0.4 is 11.1 Å². The first-order valence-corrected chi connectivity index (χ1v) is 6.00. The Hall–Kier alpha value is -1.27. The first-order valence-electron chi connectivity index (χ1n) is 5.59. The van der Waals surface area contributed by atoms with Gasteiger partial charge >= 0.3 is 0 Å². The average Bonchev–Trinajstić information content (AvgIpc) is 2.74. The number of nitrogens with zero attached hydrogens (tertiary/aromatic N) is 2. The maximum absolute atomic E-state index is 5.69. The summed E-state index contributed by atoms with van der Waals surface area (Å²) in [5.41, 5.74) is 5.99. The second-order valence-corrected chi connectivity index (χ2v) is 4.81. The van der Waals surface area contributed by atoms with Crippen LogP contribution in [0.1, 0.15) is 25.5 Å². The van der Waals surface area contributed by atoms with Crippen molar-refractivity contribution in [3.63, 3.8) is 0 Å². The molecular formula is C11H16N4OS. The van der Waals surface area contributed by atoms with Crippen molar-refractivity contribution in [2.24, 2.45) is 5.73 Å². The van der Waals surface area contributed by atoms with Gasteiger partial charge in [0, 0.05) is 25.5 Å². The third kappa shape index (κ3) is 2.89. The van der Waals surface area contributed by atoms with Gasteiger partial charge < -0.3 is 15.8 Å². The van der Waals surface area contributed by atoms with Crippen LogP contribution in [0.15, 0.2) is 12.4 Å². The summed E-state index contributed by atoms with van der Waals surface area (Å²) < 4.78 is 5.69. The molecule has 0 radical (unpaired) electrons. The van der Waals surface area contributed by atoms with Crippen LogP contribution in [0.4, 0.5) is 5.82 Å². The average molecular weight is 252 g/mol. The predicted octanol–water partition coefficient (Wildman–Crippen LogP) is 1.09. The molecule has 0 aliphatic carbocycles. The highest BCUT2D eigenvalue weighted by molar-refractivity contribution is 7.80. The van der Waals surface area contributed by atoms with Gasteiger partial charge in [0.25, 0.3) is 0 Å². The highest BCUT2D eigenvalue weighted by atomic mass is 32.1. The van der Waals surface area contributed by atoms with E-state index in [-0.39, 0.29) is 10.6 Å². The van der Waals surface area contributed by atoms with Crippen molar-refractivity contribution in [1.82, 2.24) is 9.97 Å². The Kier molecular flexibility index (Phi) is 3.54. The molecule has 1 unspecified atom stereocenters. The Morgan fingerprint density at radius 3 is 3.00 bits per heavy atom. The van der Waals surface area contributed by atoms with Crippen molar-refractivity contribution in [3.05, 3.63) is 18.1 Å². The molecule has 1 aromatic rings. The van der Waals surface area contributed by atoms with E-state index in [9.17, 15) is 0 Å². The Labute approximate surface area is 106 Å². The van der Waals surface area contributed by atoms with Gasteiger partial charge in [-0.1, -0.05) is 12.2 Å². The zero-order valence-electron chi connectivity index (χ0n) is 9.77. The summed E-state index contributed by atoms with van der Waals surface area (Å²) in [5, 5.41) is 3.21. The van der Waals surface area contributed by atoms with Crippen LogP contribution >= 0.6 is 12.2 Å². The number of nitrogens with two attached hydrogens (primary N) is 1. The number of hydrogen-bond acceptors (Lipinski definition) is 5. The fraction of sp³-hybridized carbons (Fsp3) is 0.545. The zero-order valence-corrected chi connectivity index (χ0v) is 10.6. The predicted molar refractivity (Wildman–Crippen MR) is 70.0 cm³/mol. The number of hydrogen-bond donors (Lipinski definition) is 2. The summed E-state index contributed by atoms with van der Waals surface area (Å²) in [6.45, 7) is 3.59. The first kappa shape index (κ1) is 12.2. The number of anilines is 1. The fourth-order valence-corrected chi connectivity index (χ4v) is 2.04.